The van der Waals surface area contributed by atoms with Gasteiger partial charge >= 0.3 is 0 Å². The van der Waals surface area contributed by atoms with E-state index in [9.17, 15) is 0 Å². The lowest BCUT2D eigenvalue weighted by molar-refractivity contribution is 0.310. The molecule has 1 N–H and O–H groups in total. The van der Waals surface area contributed by atoms with Crippen molar-refractivity contribution in [2.45, 2.75) is 31.3 Å². The molecular weight excluding hydrogens is 150 g/mol. The van der Waals surface area contributed by atoms with Gasteiger partial charge in [-0.2, -0.15) is 5.26 Å². The lowest BCUT2D eigenvalue weighted by Gasteiger charge is -2.16. The minimum atomic E-state index is 0.0196. The van der Waals surface area contributed by atoms with E-state index in [0.29, 0.717) is 0 Å². The molecule has 0 radical (unpaired) electrons. The first-order valence-electron chi connectivity index (χ1n) is 4.55. The van der Waals surface area contributed by atoms with E-state index in [1.165, 1.54) is 12.8 Å². The first-order chi connectivity index (χ1) is 5.77. The quantitative estimate of drug-likeness (QED) is 0.651. The molecule has 1 unspecified atom stereocenters. The molecule has 0 aromatic rings. The number of nitrogens with one attached hydrogen (secondary N) is 1. The largest absolute Gasteiger partial charge is 0.305 e. The number of rotatable bonds is 5. The average molecular weight is 167 g/mol. The van der Waals surface area contributed by atoms with Crippen LogP contribution in [0, 0.1) is 11.3 Å². The van der Waals surface area contributed by atoms with E-state index in [4.69, 9.17) is 5.26 Å². The molecule has 0 aliphatic heterocycles. The van der Waals surface area contributed by atoms with Crippen LogP contribution in [-0.2, 0) is 0 Å². The Kier molecular flexibility index (Phi) is 3.51. The fourth-order valence-corrected chi connectivity index (χ4v) is 1.30. The average Bonchev–Trinajstić information content (AvgIpc) is 2.88. The minimum Gasteiger partial charge on any atom is -0.305 e. The predicted octanol–water partition coefficient (Wildman–Crippen LogP) is 0.582. The highest BCUT2D eigenvalue weighted by atomic mass is 15.1. The summed E-state index contributed by atoms with van der Waals surface area (Å²) in [6, 6.07) is 3.05. The van der Waals surface area contributed by atoms with Gasteiger partial charge in [0, 0.05) is 12.6 Å². The van der Waals surface area contributed by atoms with Crippen LogP contribution in [0.4, 0.5) is 0 Å². The molecule has 3 heteroatoms. The first-order valence-corrected chi connectivity index (χ1v) is 4.55. The van der Waals surface area contributed by atoms with Gasteiger partial charge in [0.1, 0.15) is 0 Å². The fourth-order valence-electron chi connectivity index (χ4n) is 1.30. The second-order valence-electron chi connectivity index (χ2n) is 3.47. The molecule has 68 valence electrons. The highest BCUT2D eigenvalue weighted by molar-refractivity contribution is 4.90. The van der Waals surface area contributed by atoms with Crippen molar-refractivity contribution in [2.24, 2.45) is 0 Å². The molecule has 0 aromatic heterocycles. The molecule has 0 bridgehead atoms. The van der Waals surface area contributed by atoms with Crippen molar-refractivity contribution < 1.29 is 0 Å². The molecule has 0 heterocycles. The van der Waals surface area contributed by atoms with Crippen LogP contribution in [-0.4, -0.2) is 37.6 Å². The van der Waals surface area contributed by atoms with E-state index in [1.54, 1.807) is 0 Å². The van der Waals surface area contributed by atoms with E-state index < -0.39 is 0 Å². The Morgan fingerprint density at radius 2 is 2.33 bits per heavy atom. The maximum Gasteiger partial charge on any atom is 0.0962 e. The third-order valence-corrected chi connectivity index (χ3v) is 2.45. The van der Waals surface area contributed by atoms with Crippen LogP contribution >= 0.6 is 0 Å². The summed E-state index contributed by atoms with van der Waals surface area (Å²) in [5, 5.41) is 11.6. The molecule has 0 aromatic carbocycles. The Balaban J connectivity index is 2.10. The highest BCUT2D eigenvalue weighted by Crippen LogP contribution is 2.25. The molecule has 1 fully saturated rings. The molecule has 12 heavy (non-hydrogen) atoms. The van der Waals surface area contributed by atoms with Crippen molar-refractivity contribution in [1.82, 2.24) is 10.2 Å². The summed E-state index contributed by atoms with van der Waals surface area (Å²) < 4.78 is 0. The standard InChI is InChI=1S/C9H17N3/c1-11-8(7-10)5-6-12(2)9-3-4-9/h8-9,11H,3-6H2,1-2H3. The van der Waals surface area contributed by atoms with E-state index in [1.807, 2.05) is 7.05 Å². The maximum absolute atomic E-state index is 8.66. The van der Waals surface area contributed by atoms with Gasteiger partial charge in [-0.15, -0.1) is 0 Å². The summed E-state index contributed by atoms with van der Waals surface area (Å²) >= 11 is 0. The number of nitrogens with zero attached hydrogens (tertiary/aromatic N) is 2. The summed E-state index contributed by atoms with van der Waals surface area (Å²) in [6.45, 7) is 1.03. The van der Waals surface area contributed by atoms with Crippen molar-refractivity contribution in [2.75, 3.05) is 20.6 Å². The Labute approximate surface area is 74.4 Å². The summed E-state index contributed by atoms with van der Waals surface area (Å²) in [6.07, 6.45) is 3.61. The zero-order valence-corrected chi connectivity index (χ0v) is 7.88. The lowest BCUT2D eigenvalue weighted by Crippen LogP contribution is -2.30. The zero-order valence-electron chi connectivity index (χ0n) is 7.88. The van der Waals surface area contributed by atoms with Crippen LogP contribution in [0.3, 0.4) is 0 Å². The Morgan fingerprint density at radius 1 is 1.67 bits per heavy atom. The third kappa shape index (κ3) is 2.80. The van der Waals surface area contributed by atoms with E-state index in [0.717, 1.165) is 19.0 Å². The van der Waals surface area contributed by atoms with Gasteiger partial charge in [0.15, 0.2) is 0 Å². The smallest absolute Gasteiger partial charge is 0.0962 e. The number of hydrogen-bond acceptors (Lipinski definition) is 3. The Bertz CT molecular complexity index is 169. The second kappa shape index (κ2) is 4.44. The summed E-state index contributed by atoms with van der Waals surface area (Å²) in [4.78, 5) is 2.35. The van der Waals surface area contributed by atoms with Gasteiger partial charge in [0.2, 0.25) is 0 Å². The molecule has 0 amide bonds. The molecule has 0 saturated heterocycles. The molecule has 1 atom stereocenters. The van der Waals surface area contributed by atoms with E-state index >= 15 is 0 Å². The third-order valence-electron chi connectivity index (χ3n) is 2.45. The summed E-state index contributed by atoms with van der Waals surface area (Å²) in [5.74, 6) is 0. The molecule has 1 rings (SSSR count). The Hall–Kier alpha value is -0.590. The molecular formula is C9H17N3. The zero-order chi connectivity index (χ0) is 8.97. The van der Waals surface area contributed by atoms with Gasteiger partial charge in [-0.25, -0.2) is 0 Å². The van der Waals surface area contributed by atoms with E-state index in [2.05, 4.69) is 23.3 Å². The number of hydrogen-bond donors (Lipinski definition) is 1. The van der Waals surface area contributed by atoms with Gasteiger partial charge < -0.3 is 10.2 Å². The normalized spacial score (nSPS) is 19.2. The van der Waals surface area contributed by atoms with Crippen molar-refractivity contribution in [3.8, 4) is 6.07 Å². The molecule has 1 saturated carbocycles. The van der Waals surface area contributed by atoms with Crippen LogP contribution < -0.4 is 5.32 Å². The second-order valence-corrected chi connectivity index (χ2v) is 3.47. The highest BCUT2D eigenvalue weighted by Gasteiger charge is 2.25. The van der Waals surface area contributed by atoms with Gasteiger partial charge in [-0.1, -0.05) is 0 Å². The SMILES string of the molecule is CNC(C#N)CCN(C)C1CC1. The monoisotopic (exact) mass is 167 g/mol. The molecule has 1 aliphatic rings. The van der Waals surface area contributed by atoms with Gasteiger partial charge in [-0.3, -0.25) is 0 Å². The van der Waals surface area contributed by atoms with Crippen LogP contribution in [0.2, 0.25) is 0 Å². The van der Waals surface area contributed by atoms with Crippen molar-refractivity contribution in [3.05, 3.63) is 0 Å². The van der Waals surface area contributed by atoms with Crippen LogP contribution in [0.1, 0.15) is 19.3 Å². The minimum absolute atomic E-state index is 0.0196. The molecule has 3 nitrogen and oxygen atoms in total. The van der Waals surface area contributed by atoms with Gasteiger partial charge in [0.05, 0.1) is 12.1 Å². The van der Waals surface area contributed by atoms with Crippen LogP contribution in [0.25, 0.3) is 0 Å². The first kappa shape index (κ1) is 9.50. The molecule has 0 spiro atoms. The van der Waals surface area contributed by atoms with Crippen molar-refractivity contribution in [1.29, 1.82) is 5.26 Å². The fraction of sp³-hybridized carbons (Fsp3) is 0.889. The van der Waals surface area contributed by atoms with Gasteiger partial charge in [0.25, 0.3) is 0 Å². The Morgan fingerprint density at radius 3 is 2.75 bits per heavy atom. The summed E-state index contributed by atoms with van der Waals surface area (Å²) in [7, 11) is 3.98. The van der Waals surface area contributed by atoms with Crippen LogP contribution in [0.15, 0.2) is 0 Å². The maximum atomic E-state index is 8.66. The number of nitriles is 1. The van der Waals surface area contributed by atoms with Crippen molar-refractivity contribution >= 4 is 0 Å². The van der Waals surface area contributed by atoms with Crippen molar-refractivity contribution in [3.63, 3.8) is 0 Å². The molecule has 1 aliphatic carbocycles. The van der Waals surface area contributed by atoms with Gasteiger partial charge in [-0.05, 0) is 33.4 Å². The van der Waals surface area contributed by atoms with E-state index in [-0.39, 0.29) is 6.04 Å². The lowest BCUT2D eigenvalue weighted by atomic mass is 10.2. The topological polar surface area (TPSA) is 39.1 Å². The van der Waals surface area contributed by atoms with Crippen LogP contribution in [0.5, 0.6) is 0 Å². The summed E-state index contributed by atoms with van der Waals surface area (Å²) in [5.41, 5.74) is 0. The predicted molar refractivity (Wildman–Crippen MR) is 48.7 cm³/mol.